The summed E-state index contributed by atoms with van der Waals surface area (Å²) in [6.07, 6.45) is 0.576. The van der Waals surface area contributed by atoms with E-state index in [0.29, 0.717) is 0 Å². The summed E-state index contributed by atoms with van der Waals surface area (Å²) in [6.45, 7) is 0.470. The van der Waals surface area contributed by atoms with Crippen LogP contribution in [0.2, 0.25) is 0 Å². The normalized spacial score (nSPS) is 53.4. The van der Waals surface area contributed by atoms with Crippen LogP contribution < -0.4 is 10.6 Å². The zero-order chi connectivity index (χ0) is 7.24. The van der Waals surface area contributed by atoms with E-state index in [-0.39, 0.29) is 25.9 Å². The summed E-state index contributed by atoms with van der Waals surface area (Å²) >= 11 is 0. The predicted molar refractivity (Wildman–Crippen MR) is 32.9 cm³/mol. The van der Waals surface area contributed by atoms with Gasteiger partial charge in [0.05, 0.1) is 0 Å². The Hall–Kier alpha value is -0.220. The highest BCUT2D eigenvalue weighted by molar-refractivity contribution is 5.01. The molecule has 0 aromatic heterocycles. The van der Waals surface area contributed by atoms with Crippen molar-refractivity contribution >= 4 is 0 Å². The Balaban J connectivity index is 2.20. The third kappa shape index (κ3) is 0.828. The fourth-order valence-corrected chi connectivity index (χ4v) is 1.65. The van der Waals surface area contributed by atoms with E-state index in [1.165, 1.54) is 0 Å². The van der Waals surface area contributed by atoms with Gasteiger partial charge in [0.15, 0.2) is 11.6 Å². The summed E-state index contributed by atoms with van der Waals surface area (Å²) in [5.74, 6) is -2.96. The molecule has 2 N–H and O–H groups in total. The van der Waals surface area contributed by atoms with Crippen LogP contribution in [0.1, 0.15) is 12.8 Å². The quantitative estimate of drug-likeness (QED) is 0.483. The van der Waals surface area contributed by atoms with Gasteiger partial charge in [0.2, 0.25) is 0 Å². The van der Waals surface area contributed by atoms with Crippen molar-refractivity contribution in [3.05, 3.63) is 0 Å². The first-order valence-electron chi connectivity index (χ1n) is 3.50. The number of hydrogen-bond donors (Lipinski definition) is 2. The summed E-state index contributed by atoms with van der Waals surface area (Å²) in [7, 11) is 0. The highest BCUT2D eigenvalue weighted by atomic mass is 19.2. The molecule has 58 valence electrons. The van der Waals surface area contributed by atoms with Gasteiger partial charge in [-0.3, -0.25) is 5.32 Å². The molecular weight excluding hydrogens is 138 g/mol. The highest BCUT2D eigenvalue weighted by Gasteiger charge is 2.51. The van der Waals surface area contributed by atoms with Crippen molar-refractivity contribution in [3.8, 4) is 0 Å². The molecule has 2 rings (SSSR count). The molecule has 2 atom stereocenters. The standard InChI is InChI=1S/C6H10F2N2/c7-5-1-2-6(8,10-5)4-9-3-5/h9-10H,1-4H2/t5-,6+. The molecule has 0 saturated carbocycles. The van der Waals surface area contributed by atoms with E-state index in [9.17, 15) is 8.78 Å². The topological polar surface area (TPSA) is 24.1 Å². The highest BCUT2D eigenvalue weighted by Crippen LogP contribution is 2.34. The van der Waals surface area contributed by atoms with Gasteiger partial charge in [0, 0.05) is 25.9 Å². The average Bonchev–Trinajstić information content (AvgIpc) is 2.03. The second-order valence-electron chi connectivity index (χ2n) is 3.16. The first kappa shape index (κ1) is 6.49. The van der Waals surface area contributed by atoms with E-state index in [4.69, 9.17) is 0 Å². The Morgan fingerprint density at radius 3 is 1.90 bits per heavy atom. The van der Waals surface area contributed by atoms with Crippen LogP contribution in [0.3, 0.4) is 0 Å². The lowest BCUT2D eigenvalue weighted by molar-refractivity contribution is 0.0294. The molecule has 0 radical (unpaired) electrons. The van der Waals surface area contributed by atoms with Gasteiger partial charge in [-0.1, -0.05) is 0 Å². The van der Waals surface area contributed by atoms with E-state index in [1.807, 2.05) is 0 Å². The van der Waals surface area contributed by atoms with Crippen molar-refractivity contribution in [2.45, 2.75) is 24.4 Å². The van der Waals surface area contributed by atoms with Crippen LogP contribution in [0.4, 0.5) is 8.78 Å². The maximum atomic E-state index is 13.2. The van der Waals surface area contributed by atoms with Crippen LogP contribution in [-0.2, 0) is 0 Å². The minimum Gasteiger partial charge on any atom is -0.308 e. The van der Waals surface area contributed by atoms with Crippen LogP contribution in [0.5, 0.6) is 0 Å². The van der Waals surface area contributed by atoms with Crippen molar-refractivity contribution in [1.29, 1.82) is 0 Å². The Bertz CT molecular complexity index is 148. The first-order valence-corrected chi connectivity index (χ1v) is 3.50. The smallest absolute Gasteiger partial charge is 0.176 e. The maximum Gasteiger partial charge on any atom is 0.176 e. The monoisotopic (exact) mass is 148 g/mol. The van der Waals surface area contributed by atoms with Gasteiger partial charge >= 0.3 is 0 Å². The molecule has 0 spiro atoms. The Labute approximate surface area is 58.0 Å². The number of rotatable bonds is 0. The van der Waals surface area contributed by atoms with Crippen LogP contribution in [0.15, 0.2) is 0 Å². The zero-order valence-electron chi connectivity index (χ0n) is 5.58. The van der Waals surface area contributed by atoms with Gasteiger partial charge < -0.3 is 5.32 Å². The van der Waals surface area contributed by atoms with Crippen molar-refractivity contribution in [2.24, 2.45) is 0 Å². The third-order valence-electron chi connectivity index (χ3n) is 2.18. The van der Waals surface area contributed by atoms with E-state index >= 15 is 0 Å². The molecular formula is C6H10F2N2. The predicted octanol–water partition coefficient (Wildman–Crippen LogP) is 0.305. The van der Waals surface area contributed by atoms with Crippen molar-refractivity contribution < 1.29 is 8.78 Å². The van der Waals surface area contributed by atoms with Crippen molar-refractivity contribution in [1.82, 2.24) is 10.6 Å². The molecule has 0 aromatic carbocycles. The van der Waals surface area contributed by atoms with E-state index in [2.05, 4.69) is 10.6 Å². The molecule has 0 unspecified atom stereocenters. The van der Waals surface area contributed by atoms with E-state index in [0.717, 1.165) is 0 Å². The number of piperazine rings is 1. The molecule has 2 fully saturated rings. The molecule has 2 aliphatic rings. The van der Waals surface area contributed by atoms with Crippen molar-refractivity contribution in [3.63, 3.8) is 0 Å². The summed E-state index contributed by atoms with van der Waals surface area (Å²) < 4.78 is 26.3. The van der Waals surface area contributed by atoms with Gasteiger partial charge in [-0.15, -0.1) is 0 Å². The molecule has 2 nitrogen and oxygen atoms in total. The molecule has 2 saturated heterocycles. The molecule has 0 aliphatic carbocycles. The first-order chi connectivity index (χ1) is 4.62. The number of alkyl halides is 2. The molecule has 2 heterocycles. The van der Waals surface area contributed by atoms with E-state index in [1.54, 1.807) is 0 Å². The lowest BCUT2D eigenvalue weighted by Gasteiger charge is -2.31. The lowest BCUT2D eigenvalue weighted by atomic mass is 10.2. The van der Waals surface area contributed by atoms with Crippen LogP contribution in [0, 0.1) is 0 Å². The van der Waals surface area contributed by atoms with Crippen molar-refractivity contribution in [2.75, 3.05) is 13.1 Å². The number of hydrogen-bond acceptors (Lipinski definition) is 2. The fraction of sp³-hybridized carbons (Fsp3) is 1.00. The van der Waals surface area contributed by atoms with Crippen LogP contribution in [-0.4, -0.2) is 24.7 Å². The van der Waals surface area contributed by atoms with Gasteiger partial charge in [-0.2, -0.15) is 0 Å². The molecule has 0 amide bonds. The fourth-order valence-electron chi connectivity index (χ4n) is 1.65. The van der Waals surface area contributed by atoms with Crippen LogP contribution >= 0.6 is 0 Å². The summed E-state index contributed by atoms with van der Waals surface area (Å²) in [5, 5.41) is 5.06. The molecule has 10 heavy (non-hydrogen) atoms. The zero-order valence-corrected chi connectivity index (χ0v) is 5.58. The summed E-state index contributed by atoms with van der Waals surface area (Å²) in [4.78, 5) is 0. The van der Waals surface area contributed by atoms with Crippen LogP contribution in [0.25, 0.3) is 0 Å². The average molecular weight is 148 g/mol. The number of fused-ring (bicyclic) bond motifs is 2. The second-order valence-corrected chi connectivity index (χ2v) is 3.16. The molecule has 2 aliphatic heterocycles. The van der Waals surface area contributed by atoms with Gasteiger partial charge in [0.1, 0.15) is 0 Å². The summed E-state index contributed by atoms with van der Waals surface area (Å²) in [5.41, 5.74) is 0. The lowest BCUT2D eigenvalue weighted by Crippen LogP contribution is -2.60. The molecule has 0 aromatic rings. The van der Waals surface area contributed by atoms with Gasteiger partial charge in [-0.05, 0) is 0 Å². The van der Waals surface area contributed by atoms with E-state index < -0.39 is 11.6 Å². The van der Waals surface area contributed by atoms with Gasteiger partial charge in [-0.25, -0.2) is 8.78 Å². The Kier molecular flexibility index (Phi) is 1.09. The summed E-state index contributed by atoms with van der Waals surface area (Å²) in [6, 6.07) is 0. The minimum absolute atomic E-state index is 0.235. The third-order valence-corrected chi connectivity index (χ3v) is 2.18. The minimum atomic E-state index is -1.48. The Morgan fingerprint density at radius 2 is 1.50 bits per heavy atom. The SMILES string of the molecule is F[C@]12CC[C@](F)(CNC1)N2. The maximum absolute atomic E-state index is 13.2. The molecule has 4 heteroatoms. The number of halogens is 2. The molecule has 2 bridgehead atoms. The second kappa shape index (κ2) is 1.68. The van der Waals surface area contributed by atoms with Gasteiger partial charge in [0.25, 0.3) is 0 Å². The number of nitrogens with one attached hydrogen (secondary N) is 2. The Morgan fingerprint density at radius 1 is 1.00 bits per heavy atom. The largest absolute Gasteiger partial charge is 0.308 e.